The predicted octanol–water partition coefficient (Wildman–Crippen LogP) is 3.62. The molecule has 1 aromatic heterocycles. The standard InChI is InChI=1S/C19H30N4O.HI/c1-4-24-13-6-5-11-21-19(20-3)22-12-10-16-14-23-17-9-7-8-15(2)18(16)17;/h7-9,14,23H,4-6,10-13H2,1-3H3,(H2,20,21,22);1H. The van der Waals surface area contributed by atoms with Crippen molar-refractivity contribution in [3.63, 3.8) is 0 Å². The summed E-state index contributed by atoms with van der Waals surface area (Å²) in [6.45, 7) is 7.60. The number of aromatic nitrogens is 1. The van der Waals surface area contributed by atoms with Crippen molar-refractivity contribution in [2.75, 3.05) is 33.4 Å². The van der Waals surface area contributed by atoms with Crippen LogP contribution in [-0.4, -0.2) is 44.3 Å². The van der Waals surface area contributed by atoms with Gasteiger partial charge in [0.2, 0.25) is 0 Å². The lowest BCUT2D eigenvalue weighted by atomic mass is 10.1. The second-order valence-electron chi connectivity index (χ2n) is 5.89. The van der Waals surface area contributed by atoms with Crippen LogP contribution in [0.1, 0.15) is 30.9 Å². The number of unbranched alkanes of at least 4 members (excludes halogenated alkanes) is 1. The van der Waals surface area contributed by atoms with Gasteiger partial charge in [-0.15, -0.1) is 24.0 Å². The second-order valence-corrected chi connectivity index (χ2v) is 5.89. The van der Waals surface area contributed by atoms with E-state index in [0.717, 1.165) is 51.5 Å². The number of rotatable bonds is 9. The van der Waals surface area contributed by atoms with E-state index in [1.807, 2.05) is 14.0 Å². The fourth-order valence-electron chi connectivity index (χ4n) is 2.86. The number of hydrogen-bond donors (Lipinski definition) is 3. The number of hydrogen-bond acceptors (Lipinski definition) is 2. The van der Waals surface area contributed by atoms with Crippen molar-refractivity contribution in [2.45, 2.75) is 33.1 Å². The normalized spacial score (nSPS) is 11.4. The number of nitrogens with one attached hydrogen (secondary N) is 3. The molecule has 0 radical (unpaired) electrons. The maximum atomic E-state index is 5.34. The first-order valence-corrected chi connectivity index (χ1v) is 8.84. The molecule has 6 heteroatoms. The molecule has 0 aliphatic carbocycles. The third-order valence-electron chi connectivity index (χ3n) is 4.12. The molecule has 0 fully saturated rings. The molecule has 0 unspecified atom stereocenters. The van der Waals surface area contributed by atoms with Crippen LogP contribution in [-0.2, 0) is 11.2 Å². The molecule has 0 atom stereocenters. The number of guanidine groups is 1. The zero-order valence-electron chi connectivity index (χ0n) is 15.5. The van der Waals surface area contributed by atoms with Crippen LogP contribution in [0.4, 0.5) is 0 Å². The fraction of sp³-hybridized carbons (Fsp3) is 0.526. The van der Waals surface area contributed by atoms with Crippen LogP contribution in [0.3, 0.4) is 0 Å². The van der Waals surface area contributed by atoms with Crippen molar-refractivity contribution < 1.29 is 4.74 Å². The van der Waals surface area contributed by atoms with E-state index in [1.165, 1.54) is 22.0 Å². The minimum Gasteiger partial charge on any atom is -0.382 e. The highest BCUT2D eigenvalue weighted by molar-refractivity contribution is 14.0. The molecule has 3 N–H and O–H groups in total. The van der Waals surface area contributed by atoms with Crippen molar-refractivity contribution in [1.29, 1.82) is 0 Å². The summed E-state index contributed by atoms with van der Waals surface area (Å²) in [6.07, 6.45) is 5.24. The second kappa shape index (κ2) is 12.1. The molecule has 0 saturated heterocycles. The van der Waals surface area contributed by atoms with E-state index < -0.39 is 0 Å². The van der Waals surface area contributed by atoms with Crippen LogP contribution in [0, 0.1) is 6.92 Å². The van der Waals surface area contributed by atoms with Crippen molar-refractivity contribution in [1.82, 2.24) is 15.6 Å². The highest BCUT2D eigenvalue weighted by atomic mass is 127. The third-order valence-corrected chi connectivity index (χ3v) is 4.12. The van der Waals surface area contributed by atoms with Gasteiger partial charge in [-0.1, -0.05) is 12.1 Å². The average molecular weight is 458 g/mol. The number of nitrogens with zero attached hydrogens (tertiary/aromatic N) is 1. The maximum Gasteiger partial charge on any atom is 0.190 e. The molecular weight excluding hydrogens is 427 g/mol. The molecule has 0 aliphatic rings. The first-order valence-electron chi connectivity index (χ1n) is 8.84. The number of H-pyrrole nitrogens is 1. The molecule has 140 valence electrons. The van der Waals surface area contributed by atoms with Gasteiger partial charge in [-0.3, -0.25) is 4.99 Å². The first-order chi connectivity index (χ1) is 11.8. The van der Waals surface area contributed by atoms with Crippen molar-refractivity contribution in [3.8, 4) is 0 Å². The maximum absolute atomic E-state index is 5.34. The number of benzene rings is 1. The SMILES string of the molecule is CCOCCCCNC(=NC)NCCc1c[nH]c2cccc(C)c12.I. The number of fused-ring (bicyclic) bond motifs is 1. The predicted molar refractivity (Wildman–Crippen MR) is 117 cm³/mol. The molecule has 0 bridgehead atoms. The zero-order valence-corrected chi connectivity index (χ0v) is 17.9. The topological polar surface area (TPSA) is 61.4 Å². The Bertz CT molecular complexity index is 654. The van der Waals surface area contributed by atoms with Crippen LogP contribution >= 0.6 is 24.0 Å². The molecule has 0 saturated carbocycles. The lowest BCUT2D eigenvalue weighted by Gasteiger charge is -2.12. The van der Waals surface area contributed by atoms with Crippen LogP contribution in [0.15, 0.2) is 29.4 Å². The van der Waals surface area contributed by atoms with Crippen LogP contribution < -0.4 is 10.6 Å². The number of halogens is 1. The summed E-state index contributed by atoms with van der Waals surface area (Å²) < 4.78 is 5.34. The van der Waals surface area contributed by atoms with Gasteiger partial charge in [0.05, 0.1) is 0 Å². The zero-order chi connectivity index (χ0) is 17.2. The fourth-order valence-corrected chi connectivity index (χ4v) is 2.86. The van der Waals surface area contributed by atoms with Gasteiger partial charge in [0.1, 0.15) is 0 Å². The van der Waals surface area contributed by atoms with E-state index in [-0.39, 0.29) is 24.0 Å². The van der Waals surface area contributed by atoms with Crippen molar-refractivity contribution in [3.05, 3.63) is 35.5 Å². The van der Waals surface area contributed by atoms with E-state index in [1.54, 1.807) is 0 Å². The Kier molecular flexibility index (Phi) is 10.6. The van der Waals surface area contributed by atoms with Gasteiger partial charge in [-0.25, -0.2) is 0 Å². The van der Waals surface area contributed by atoms with Crippen LogP contribution in [0.25, 0.3) is 10.9 Å². The van der Waals surface area contributed by atoms with Gasteiger partial charge < -0.3 is 20.4 Å². The Hall–Kier alpha value is -1.28. The molecule has 25 heavy (non-hydrogen) atoms. The molecule has 0 amide bonds. The van der Waals surface area contributed by atoms with Crippen LogP contribution in [0.2, 0.25) is 0 Å². The number of aliphatic imine (C=N–C) groups is 1. The Morgan fingerprint density at radius 2 is 2.00 bits per heavy atom. The monoisotopic (exact) mass is 458 g/mol. The summed E-state index contributed by atoms with van der Waals surface area (Å²) in [7, 11) is 1.81. The van der Waals surface area contributed by atoms with E-state index in [0.29, 0.717) is 0 Å². The largest absolute Gasteiger partial charge is 0.382 e. The Labute approximate surface area is 168 Å². The Morgan fingerprint density at radius 3 is 2.76 bits per heavy atom. The smallest absolute Gasteiger partial charge is 0.190 e. The first kappa shape index (κ1) is 21.8. The lowest BCUT2D eigenvalue weighted by Crippen LogP contribution is -2.38. The lowest BCUT2D eigenvalue weighted by molar-refractivity contribution is 0.143. The van der Waals surface area contributed by atoms with E-state index in [4.69, 9.17) is 4.74 Å². The molecule has 0 spiro atoms. The summed E-state index contributed by atoms with van der Waals surface area (Å²) in [6, 6.07) is 6.38. The van der Waals surface area contributed by atoms with E-state index in [2.05, 4.69) is 51.9 Å². The average Bonchev–Trinajstić information content (AvgIpc) is 3.01. The minimum atomic E-state index is 0. The van der Waals surface area contributed by atoms with Crippen molar-refractivity contribution >= 4 is 40.8 Å². The molecule has 2 rings (SSSR count). The van der Waals surface area contributed by atoms with Crippen molar-refractivity contribution in [2.24, 2.45) is 4.99 Å². The van der Waals surface area contributed by atoms with Gasteiger partial charge in [0.15, 0.2) is 5.96 Å². The minimum absolute atomic E-state index is 0. The molecule has 5 nitrogen and oxygen atoms in total. The highest BCUT2D eigenvalue weighted by Gasteiger charge is 2.06. The van der Waals surface area contributed by atoms with Gasteiger partial charge in [0.25, 0.3) is 0 Å². The van der Waals surface area contributed by atoms with Gasteiger partial charge in [-0.05, 0) is 50.3 Å². The third kappa shape index (κ3) is 6.86. The Morgan fingerprint density at radius 1 is 1.20 bits per heavy atom. The summed E-state index contributed by atoms with van der Waals surface area (Å²) >= 11 is 0. The van der Waals surface area contributed by atoms with Gasteiger partial charge >= 0.3 is 0 Å². The molecular formula is C19H31IN4O. The molecule has 1 aromatic carbocycles. The van der Waals surface area contributed by atoms with Crippen LogP contribution in [0.5, 0.6) is 0 Å². The molecule has 1 heterocycles. The van der Waals surface area contributed by atoms with Gasteiger partial charge in [0, 0.05) is 50.5 Å². The number of ether oxygens (including phenoxy) is 1. The highest BCUT2D eigenvalue weighted by Crippen LogP contribution is 2.22. The van der Waals surface area contributed by atoms with E-state index in [9.17, 15) is 0 Å². The summed E-state index contributed by atoms with van der Waals surface area (Å²) in [5.74, 6) is 0.864. The summed E-state index contributed by atoms with van der Waals surface area (Å²) in [4.78, 5) is 7.63. The Balaban J connectivity index is 0.00000312. The summed E-state index contributed by atoms with van der Waals surface area (Å²) in [5, 5.41) is 8.08. The van der Waals surface area contributed by atoms with Gasteiger partial charge in [-0.2, -0.15) is 0 Å². The quantitative estimate of drug-likeness (QED) is 0.233. The number of aromatic amines is 1. The molecule has 2 aromatic rings. The van der Waals surface area contributed by atoms with E-state index >= 15 is 0 Å². The number of aryl methyl sites for hydroxylation is 1. The summed E-state index contributed by atoms with van der Waals surface area (Å²) in [5.41, 5.74) is 3.88. The molecule has 0 aliphatic heterocycles.